The van der Waals surface area contributed by atoms with Gasteiger partial charge in [-0.25, -0.2) is 4.98 Å². The number of hydrogen-bond donors (Lipinski definition) is 2. The molecule has 2 heterocycles. The first-order valence-corrected chi connectivity index (χ1v) is 8.27. The van der Waals surface area contributed by atoms with Gasteiger partial charge in [0, 0.05) is 18.4 Å². The molecule has 0 spiro atoms. The van der Waals surface area contributed by atoms with Gasteiger partial charge in [-0.2, -0.15) is 5.10 Å². The fourth-order valence-corrected chi connectivity index (χ4v) is 2.67. The number of nitrogens with zero attached hydrogens (tertiary/aromatic N) is 3. The third-order valence-electron chi connectivity index (χ3n) is 4.54. The molecule has 0 aromatic carbocycles. The summed E-state index contributed by atoms with van der Waals surface area (Å²) in [6.45, 7) is 2.17. The van der Waals surface area contributed by atoms with Crippen LogP contribution in [-0.4, -0.2) is 26.7 Å². The number of pyridine rings is 1. The van der Waals surface area contributed by atoms with Crippen LogP contribution in [0.15, 0.2) is 30.7 Å². The van der Waals surface area contributed by atoms with E-state index in [2.05, 4.69) is 27.6 Å². The first kappa shape index (κ1) is 14.2. The van der Waals surface area contributed by atoms with Gasteiger partial charge in [-0.3, -0.25) is 9.48 Å². The Morgan fingerprint density at radius 2 is 2.09 bits per heavy atom. The molecule has 0 saturated heterocycles. The van der Waals surface area contributed by atoms with Crippen molar-refractivity contribution in [3.05, 3.63) is 36.3 Å². The molecule has 6 heteroatoms. The SMILES string of the molecule is CC(C1CC1)n1cc(NC(=O)c2ccc(NC3CC3)nc2)cn1. The highest BCUT2D eigenvalue weighted by Crippen LogP contribution is 2.39. The van der Waals surface area contributed by atoms with Crippen LogP contribution in [0.2, 0.25) is 0 Å². The van der Waals surface area contributed by atoms with Crippen LogP contribution in [0.3, 0.4) is 0 Å². The zero-order chi connectivity index (χ0) is 15.8. The van der Waals surface area contributed by atoms with Crippen LogP contribution in [0.4, 0.5) is 11.5 Å². The van der Waals surface area contributed by atoms with Gasteiger partial charge in [-0.1, -0.05) is 0 Å². The third kappa shape index (κ3) is 3.36. The van der Waals surface area contributed by atoms with Gasteiger partial charge < -0.3 is 10.6 Å². The maximum atomic E-state index is 12.3. The summed E-state index contributed by atoms with van der Waals surface area (Å²) in [7, 11) is 0. The van der Waals surface area contributed by atoms with E-state index in [-0.39, 0.29) is 5.91 Å². The number of hydrogen-bond acceptors (Lipinski definition) is 4. The molecule has 4 rings (SSSR count). The number of aromatic nitrogens is 3. The Labute approximate surface area is 135 Å². The highest BCUT2D eigenvalue weighted by atomic mass is 16.1. The van der Waals surface area contributed by atoms with Gasteiger partial charge in [0.15, 0.2) is 0 Å². The van der Waals surface area contributed by atoms with Gasteiger partial charge in [0.05, 0.1) is 23.5 Å². The summed E-state index contributed by atoms with van der Waals surface area (Å²) in [6.07, 6.45) is 10.2. The molecule has 2 aliphatic rings. The lowest BCUT2D eigenvalue weighted by molar-refractivity contribution is 0.102. The average molecular weight is 311 g/mol. The maximum absolute atomic E-state index is 12.3. The molecule has 2 saturated carbocycles. The monoisotopic (exact) mass is 311 g/mol. The molecule has 2 aromatic heterocycles. The lowest BCUT2D eigenvalue weighted by atomic mass is 10.2. The van der Waals surface area contributed by atoms with E-state index in [1.807, 2.05) is 16.9 Å². The van der Waals surface area contributed by atoms with E-state index in [0.29, 0.717) is 17.6 Å². The Balaban J connectivity index is 1.38. The molecule has 0 aliphatic heterocycles. The van der Waals surface area contributed by atoms with Gasteiger partial charge in [-0.05, 0) is 50.7 Å². The second kappa shape index (κ2) is 5.68. The lowest BCUT2D eigenvalue weighted by Gasteiger charge is -2.09. The molecule has 0 bridgehead atoms. The second-order valence-electron chi connectivity index (χ2n) is 6.59. The predicted octanol–water partition coefficient (Wildman–Crippen LogP) is 3.08. The maximum Gasteiger partial charge on any atom is 0.257 e. The van der Waals surface area contributed by atoms with Gasteiger partial charge in [0.2, 0.25) is 0 Å². The van der Waals surface area contributed by atoms with E-state index < -0.39 is 0 Å². The van der Waals surface area contributed by atoms with E-state index in [4.69, 9.17) is 0 Å². The van der Waals surface area contributed by atoms with Gasteiger partial charge in [0.25, 0.3) is 5.91 Å². The topological polar surface area (TPSA) is 71.8 Å². The highest BCUT2D eigenvalue weighted by molar-refractivity contribution is 6.04. The number of carbonyl (C=O) groups excluding carboxylic acids is 1. The summed E-state index contributed by atoms with van der Waals surface area (Å²) >= 11 is 0. The Bertz CT molecular complexity index is 700. The minimum absolute atomic E-state index is 0.158. The zero-order valence-corrected chi connectivity index (χ0v) is 13.2. The third-order valence-corrected chi connectivity index (χ3v) is 4.54. The van der Waals surface area contributed by atoms with E-state index in [1.54, 1.807) is 18.5 Å². The predicted molar refractivity (Wildman–Crippen MR) is 88.5 cm³/mol. The van der Waals surface area contributed by atoms with Crippen molar-refractivity contribution in [2.45, 2.75) is 44.7 Å². The minimum Gasteiger partial charge on any atom is -0.367 e. The molecular formula is C17H21N5O. The van der Waals surface area contributed by atoms with Crippen LogP contribution in [0.5, 0.6) is 0 Å². The fraction of sp³-hybridized carbons (Fsp3) is 0.471. The summed E-state index contributed by atoms with van der Waals surface area (Å²) in [4.78, 5) is 16.6. The van der Waals surface area contributed by atoms with Gasteiger partial charge in [-0.15, -0.1) is 0 Å². The first-order chi connectivity index (χ1) is 11.2. The molecular weight excluding hydrogens is 290 g/mol. The van der Waals surface area contributed by atoms with Crippen LogP contribution >= 0.6 is 0 Å². The van der Waals surface area contributed by atoms with Crippen molar-refractivity contribution in [1.29, 1.82) is 0 Å². The minimum atomic E-state index is -0.158. The van der Waals surface area contributed by atoms with Crippen LogP contribution < -0.4 is 10.6 Å². The Kier molecular flexibility index (Phi) is 3.52. The van der Waals surface area contributed by atoms with Crippen LogP contribution in [-0.2, 0) is 0 Å². The summed E-state index contributed by atoms with van der Waals surface area (Å²) < 4.78 is 1.94. The number of amides is 1. The summed E-state index contributed by atoms with van der Waals surface area (Å²) in [6, 6.07) is 4.60. The molecule has 2 fully saturated rings. The number of nitrogens with one attached hydrogen (secondary N) is 2. The molecule has 120 valence electrons. The number of anilines is 2. The van der Waals surface area contributed by atoms with Crippen molar-refractivity contribution in [2.24, 2.45) is 5.92 Å². The largest absolute Gasteiger partial charge is 0.367 e. The Morgan fingerprint density at radius 1 is 1.26 bits per heavy atom. The molecule has 1 amide bonds. The van der Waals surface area contributed by atoms with Crippen LogP contribution in [0, 0.1) is 5.92 Å². The molecule has 1 unspecified atom stereocenters. The molecule has 2 aromatic rings. The Morgan fingerprint density at radius 3 is 2.74 bits per heavy atom. The quantitative estimate of drug-likeness (QED) is 0.860. The van der Waals surface area contributed by atoms with Crippen molar-refractivity contribution < 1.29 is 4.79 Å². The highest BCUT2D eigenvalue weighted by Gasteiger charge is 2.29. The lowest BCUT2D eigenvalue weighted by Crippen LogP contribution is -2.12. The molecule has 2 N–H and O–H groups in total. The van der Waals surface area contributed by atoms with Gasteiger partial charge in [0.1, 0.15) is 5.82 Å². The summed E-state index contributed by atoms with van der Waals surface area (Å²) in [5.74, 6) is 1.40. The van der Waals surface area contributed by atoms with Crippen molar-refractivity contribution in [2.75, 3.05) is 10.6 Å². The van der Waals surface area contributed by atoms with E-state index >= 15 is 0 Å². The van der Waals surface area contributed by atoms with E-state index in [1.165, 1.54) is 25.7 Å². The van der Waals surface area contributed by atoms with E-state index in [9.17, 15) is 4.79 Å². The second-order valence-corrected chi connectivity index (χ2v) is 6.59. The number of carbonyl (C=O) groups is 1. The van der Waals surface area contributed by atoms with Crippen LogP contribution in [0.25, 0.3) is 0 Å². The molecule has 1 atom stereocenters. The number of rotatable bonds is 6. The Hall–Kier alpha value is -2.37. The smallest absolute Gasteiger partial charge is 0.257 e. The van der Waals surface area contributed by atoms with Crippen LogP contribution in [0.1, 0.15) is 49.0 Å². The fourth-order valence-electron chi connectivity index (χ4n) is 2.67. The van der Waals surface area contributed by atoms with Crippen molar-refractivity contribution in [3.63, 3.8) is 0 Å². The normalized spacial score (nSPS) is 18.5. The first-order valence-electron chi connectivity index (χ1n) is 8.27. The molecule has 2 aliphatic carbocycles. The molecule has 6 nitrogen and oxygen atoms in total. The standard InChI is InChI=1S/C17H21N5O/c1-11(12-2-3-12)22-10-15(9-19-22)21-17(23)13-4-7-16(18-8-13)20-14-5-6-14/h4,7-12,14H,2-3,5-6H2,1H3,(H,18,20)(H,21,23). The average Bonchev–Trinajstić information content (AvgIpc) is 3.47. The molecule has 23 heavy (non-hydrogen) atoms. The summed E-state index contributed by atoms with van der Waals surface area (Å²) in [5, 5.41) is 10.5. The van der Waals surface area contributed by atoms with Crippen molar-refractivity contribution >= 4 is 17.4 Å². The van der Waals surface area contributed by atoms with Gasteiger partial charge >= 0.3 is 0 Å². The van der Waals surface area contributed by atoms with E-state index in [0.717, 1.165) is 17.4 Å². The zero-order valence-electron chi connectivity index (χ0n) is 13.2. The molecule has 0 radical (unpaired) electrons. The van der Waals surface area contributed by atoms with Crippen molar-refractivity contribution in [1.82, 2.24) is 14.8 Å². The van der Waals surface area contributed by atoms with Crippen molar-refractivity contribution in [3.8, 4) is 0 Å². The summed E-state index contributed by atoms with van der Waals surface area (Å²) in [5.41, 5.74) is 1.28.